The summed E-state index contributed by atoms with van der Waals surface area (Å²) in [7, 11) is 0. The van der Waals surface area contributed by atoms with Gasteiger partial charge in [-0.3, -0.25) is 0 Å². The van der Waals surface area contributed by atoms with Crippen molar-refractivity contribution in [3.05, 3.63) is 71.8 Å². The summed E-state index contributed by atoms with van der Waals surface area (Å²) in [5.74, 6) is 0.0214. The summed E-state index contributed by atoms with van der Waals surface area (Å²) in [5.41, 5.74) is 1.65. The molecule has 0 unspecified atom stereocenters. The lowest BCUT2D eigenvalue weighted by Gasteiger charge is -2.30. The van der Waals surface area contributed by atoms with Gasteiger partial charge < -0.3 is 5.11 Å². The number of rotatable bonds is 7. The van der Waals surface area contributed by atoms with E-state index in [1.54, 1.807) is 0 Å². The fourth-order valence-electron chi connectivity index (χ4n) is 2.36. The van der Waals surface area contributed by atoms with E-state index in [0.29, 0.717) is 0 Å². The number of thioether (sulfide) groups is 1. The van der Waals surface area contributed by atoms with Crippen molar-refractivity contribution in [2.75, 3.05) is 5.75 Å². The van der Waals surface area contributed by atoms with Crippen molar-refractivity contribution >= 4 is 17.7 Å². The summed E-state index contributed by atoms with van der Waals surface area (Å²) in [6.07, 6.45) is 2.08. The topological polar surface area (TPSA) is 37.3 Å². The first-order valence-corrected chi connectivity index (χ1v) is 8.18. The molecule has 1 N–H and O–H groups in total. The molecule has 2 rings (SSSR count). The molecule has 0 aliphatic heterocycles. The van der Waals surface area contributed by atoms with Crippen LogP contribution >= 0.6 is 11.8 Å². The smallest absolute Gasteiger partial charge is 0.328 e. The van der Waals surface area contributed by atoms with Gasteiger partial charge in [0.25, 0.3) is 0 Å². The molecule has 110 valence electrons. The second-order valence-electron chi connectivity index (χ2n) is 4.92. The van der Waals surface area contributed by atoms with Gasteiger partial charge in [-0.15, -0.1) is 11.8 Å². The van der Waals surface area contributed by atoms with Crippen molar-refractivity contribution in [2.45, 2.75) is 24.5 Å². The van der Waals surface area contributed by atoms with Crippen LogP contribution in [0.1, 0.15) is 30.9 Å². The second kappa shape index (κ2) is 7.32. The van der Waals surface area contributed by atoms with Crippen LogP contribution in [-0.2, 0) is 9.54 Å². The molecule has 0 spiro atoms. The molecule has 0 aromatic heterocycles. The molecule has 0 saturated heterocycles. The Morgan fingerprint density at radius 2 is 1.48 bits per heavy atom. The van der Waals surface area contributed by atoms with Crippen LogP contribution in [0.3, 0.4) is 0 Å². The van der Waals surface area contributed by atoms with Gasteiger partial charge in [-0.2, -0.15) is 0 Å². The number of benzene rings is 2. The maximum absolute atomic E-state index is 12.2. The molecule has 2 aromatic carbocycles. The highest BCUT2D eigenvalue weighted by molar-refractivity contribution is 8.01. The quantitative estimate of drug-likeness (QED) is 0.762. The van der Waals surface area contributed by atoms with Crippen LogP contribution in [-0.4, -0.2) is 16.8 Å². The highest BCUT2D eigenvalue weighted by Crippen LogP contribution is 2.43. The van der Waals surface area contributed by atoms with Crippen LogP contribution in [0.4, 0.5) is 0 Å². The van der Waals surface area contributed by atoms with E-state index >= 15 is 0 Å². The summed E-state index contributed by atoms with van der Waals surface area (Å²) < 4.78 is -1.03. The first-order valence-electron chi connectivity index (χ1n) is 7.20. The SMILES string of the molecule is CCCCSC(C(=O)O)(c1ccccc1)c1ccccc1. The van der Waals surface area contributed by atoms with Crippen molar-refractivity contribution < 1.29 is 9.90 Å². The number of carbonyl (C=O) groups is 1. The van der Waals surface area contributed by atoms with Crippen LogP contribution in [0.2, 0.25) is 0 Å². The second-order valence-corrected chi connectivity index (χ2v) is 6.23. The Balaban J connectivity index is 2.52. The molecule has 0 saturated carbocycles. The van der Waals surface area contributed by atoms with Crippen molar-refractivity contribution in [2.24, 2.45) is 0 Å². The van der Waals surface area contributed by atoms with E-state index in [9.17, 15) is 9.90 Å². The standard InChI is InChI=1S/C18H20O2S/c1-2-3-14-21-18(17(19)20,15-10-6-4-7-11-15)16-12-8-5-9-13-16/h4-13H,2-3,14H2,1H3,(H,19,20). The molecule has 0 amide bonds. The summed E-state index contributed by atoms with van der Waals surface area (Å²) in [6.45, 7) is 2.12. The zero-order chi connectivity index (χ0) is 15.1. The van der Waals surface area contributed by atoms with Crippen molar-refractivity contribution in [1.82, 2.24) is 0 Å². The van der Waals surface area contributed by atoms with Crippen LogP contribution in [0.25, 0.3) is 0 Å². The first-order chi connectivity index (χ1) is 10.2. The summed E-state index contributed by atoms with van der Waals surface area (Å²) in [4.78, 5) is 12.2. The molecule has 2 aromatic rings. The summed E-state index contributed by atoms with van der Waals surface area (Å²) in [6, 6.07) is 19.0. The Labute approximate surface area is 130 Å². The molecule has 0 aliphatic carbocycles. The lowest BCUT2D eigenvalue weighted by molar-refractivity contribution is -0.138. The molecule has 0 radical (unpaired) electrons. The average Bonchev–Trinajstić information content (AvgIpc) is 2.53. The number of hydrogen-bond acceptors (Lipinski definition) is 2. The third kappa shape index (κ3) is 3.30. The zero-order valence-corrected chi connectivity index (χ0v) is 13.0. The summed E-state index contributed by atoms with van der Waals surface area (Å²) >= 11 is 1.51. The fourth-order valence-corrected chi connectivity index (χ4v) is 3.83. The van der Waals surface area contributed by atoms with Gasteiger partial charge in [0.15, 0.2) is 4.75 Å². The Bertz CT molecular complexity index is 527. The van der Waals surface area contributed by atoms with Gasteiger partial charge >= 0.3 is 5.97 Å². The van der Waals surface area contributed by atoms with Crippen molar-refractivity contribution in [3.8, 4) is 0 Å². The molecule has 0 heterocycles. The van der Waals surface area contributed by atoms with E-state index in [2.05, 4.69) is 6.92 Å². The average molecular weight is 300 g/mol. The monoisotopic (exact) mass is 300 g/mol. The van der Waals surface area contributed by atoms with E-state index in [1.165, 1.54) is 11.8 Å². The van der Waals surface area contributed by atoms with Gasteiger partial charge in [-0.25, -0.2) is 4.79 Å². The van der Waals surface area contributed by atoms with E-state index in [4.69, 9.17) is 0 Å². The van der Waals surface area contributed by atoms with Gasteiger partial charge in [0.05, 0.1) is 0 Å². The molecule has 0 aliphatic rings. The molecule has 21 heavy (non-hydrogen) atoms. The molecule has 2 nitrogen and oxygen atoms in total. The first kappa shape index (κ1) is 15.6. The number of aliphatic carboxylic acids is 1. The molecular weight excluding hydrogens is 280 g/mol. The molecule has 0 atom stereocenters. The molecule has 0 bridgehead atoms. The van der Waals surface area contributed by atoms with Crippen LogP contribution in [0, 0.1) is 0 Å². The third-order valence-corrected chi connectivity index (χ3v) is 5.05. The zero-order valence-electron chi connectivity index (χ0n) is 12.2. The van der Waals surface area contributed by atoms with Crippen LogP contribution in [0.5, 0.6) is 0 Å². The van der Waals surface area contributed by atoms with E-state index in [1.807, 2.05) is 60.7 Å². The Hall–Kier alpha value is -1.74. The van der Waals surface area contributed by atoms with Gasteiger partial charge in [-0.1, -0.05) is 74.0 Å². The van der Waals surface area contributed by atoms with Crippen LogP contribution < -0.4 is 0 Å². The lowest BCUT2D eigenvalue weighted by Crippen LogP contribution is -2.34. The predicted molar refractivity (Wildman–Crippen MR) is 88.7 cm³/mol. The normalized spacial score (nSPS) is 11.3. The molecule has 0 fully saturated rings. The van der Waals surface area contributed by atoms with E-state index in [-0.39, 0.29) is 0 Å². The van der Waals surface area contributed by atoms with Crippen molar-refractivity contribution in [3.63, 3.8) is 0 Å². The van der Waals surface area contributed by atoms with E-state index < -0.39 is 10.7 Å². The Kier molecular flexibility index (Phi) is 5.45. The van der Waals surface area contributed by atoms with E-state index in [0.717, 1.165) is 29.7 Å². The minimum Gasteiger partial charge on any atom is -0.480 e. The largest absolute Gasteiger partial charge is 0.480 e. The number of unbranched alkanes of at least 4 members (excludes halogenated alkanes) is 1. The highest BCUT2D eigenvalue weighted by Gasteiger charge is 2.42. The maximum Gasteiger partial charge on any atom is 0.328 e. The fraction of sp³-hybridized carbons (Fsp3) is 0.278. The number of carboxylic acid groups (broad SMARTS) is 1. The van der Waals surface area contributed by atoms with Gasteiger partial charge in [0.2, 0.25) is 0 Å². The minimum absolute atomic E-state index is 0.805. The molecule has 3 heteroatoms. The Morgan fingerprint density at radius 1 is 1.00 bits per heavy atom. The number of carboxylic acids is 1. The predicted octanol–water partition coefficient (Wildman–Crippen LogP) is 4.55. The molecular formula is C18H20O2S. The number of hydrogen-bond donors (Lipinski definition) is 1. The minimum atomic E-state index is -1.03. The third-order valence-electron chi connectivity index (χ3n) is 3.48. The maximum atomic E-state index is 12.2. The van der Waals surface area contributed by atoms with Gasteiger partial charge in [0.1, 0.15) is 0 Å². The van der Waals surface area contributed by atoms with Gasteiger partial charge in [-0.05, 0) is 23.3 Å². The summed E-state index contributed by atoms with van der Waals surface area (Å²) in [5, 5.41) is 10.0. The van der Waals surface area contributed by atoms with Crippen LogP contribution in [0.15, 0.2) is 60.7 Å². The van der Waals surface area contributed by atoms with Gasteiger partial charge in [0, 0.05) is 0 Å². The highest BCUT2D eigenvalue weighted by atomic mass is 32.2. The van der Waals surface area contributed by atoms with Crippen molar-refractivity contribution in [1.29, 1.82) is 0 Å². The Morgan fingerprint density at radius 3 is 1.86 bits per heavy atom. The lowest BCUT2D eigenvalue weighted by atomic mass is 9.90.